The van der Waals surface area contributed by atoms with Crippen molar-refractivity contribution in [2.45, 2.75) is 11.0 Å². The number of nitrogens with zero attached hydrogens (tertiary/aromatic N) is 1. The first-order valence-corrected chi connectivity index (χ1v) is 6.56. The fourth-order valence-corrected chi connectivity index (χ4v) is 4.07. The van der Waals surface area contributed by atoms with Gasteiger partial charge in [-0.15, -0.1) is 11.8 Å². The zero-order chi connectivity index (χ0) is 9.47. The van der Waals surface area contributed by atoms with Crippen LogP contribution in [0.15, 0.2) is 16.0 Å². The molecule has 1 fully saturated rings. The van der Waals surface area contributed by atoms with Gasteiger partial charge in [-0.3, -0.25) is 4.99 Å². The molecule has 0 aromatic rings. The Hall–Kier alpha value is -0.330. The van der Waals surface area contributed by atoms with Crippen LogP contribution in [-0.4, -0.2) is 21.6 Å². The summed E-state index contributed by atoms with van der Waals surface area (Å²) < 4.78 is 18.3. The highest BCUT2D eigenvalue weighted by Gasteiger charge is 2.35. The predicted octanol–water partition coefficient (Wildman–Crippen LogP) is 0.954. The maximum absolute atomic E-state index is 11.3. The van der Waals surface area contributed by atoms with E-state index in [-0.39, 0.29) is 4.58 Å². The van der Waals surface area contributed by atoms with E-state index in [9.17, 15) is 4.21 Å². The molecule has 2 aliphatic rings. The van der Waals surface area contributed by atoms with E-state index < -0.39 is 9.92 Å². The number of hydrogen-bond acceptors (Lipinski definition) is 4. The van der Waals surface area contributed by atoms with E-state index in [0.717, 1.165) is 13.0 Å². The lowest BCUT2D eigenvalue weighted by molar-refractivity contribution is 0.624. The molecular weight excluding hydrogens is 206 g/mol. The second-order valence-corrected chi connectivity index (χ2v) is 6.65. The normalized spacial score (nSPS) is 36.5. The Kier molecular flexibility index (Phi) is 2.21. The molecule has 2 heterocycles. The summed E-state index contributed by atoms with van der Waals surface area (Å²) in [4.78, 5) is 5.31. The molecule has 13 heavy (non-hydrogen) atoms. The Morgan fingerprint density at radius 2 is 2.54 bits per heavy atom. The van der Waals surface area contributed by atoms with Gasteiger partial charge in [0, 0.05) is 18.7 Å². The molecule has 3 unspecified atom stereocenters. The fraction of sp³-hybridized carbons (Fsp3) is 0.571. The van der Waals surface area contributed by atoms with Gasteiger partial charge in [0.1, 0.15) is 14.5 Å². The summed E-state index contributed by atoms with van der Waals surface area (Å²) in [5.41, 5.74) is 0. The van der Waals surface area contributed by atoms with Crippen LogP contribution in [0, 0.1) is 10.7 Å². The van der Waals surface area contributed by atoms with Gasteiger partial charge < -0.3 is 0 Å². The van der Waals surface area contributed by atoms with Crippen molar-refractivity contribution in [2.75, 3.05) is 6.54 Å². The number of allylic oxidation sites excluding steroid dienone is 1. The first-order chi connectivity index (χ1) is 6.07. The standard InChI is InChI=1S/C7H11N3OS2/c8-13(9,11)7-3-5-4-10-2-1-6(5)12-7/h1-2,5,7H,3-4H2,(H3,8,9,11). The molecule has 2 rings (SSSR count). The topological polar surface area (TPSA) is 79.3 Å². The van der Waals surface area contributed by atoms with E-state index in [1.54, 1.807) is 6.21 Å². The smallest absolute Gasteiger partial charge is 0.115 e. The number of fused-ring (bicyclic) bond motifs is 1. The van der Waals surface area contributed by atoms with Crippen LogP contribution < -0.4 is 5.14 Å². The molecule has 6 heteroatoms. The highest BCUT2D eigenvalue weighted by molar-refractivity contribution is 8.15. The fourth-order valence-electron chi connectivity index (χ4n) is 1.51. The van der Waals surface area contributed by atoms with Crippen LogP contribution in [0.3, 0.4) is 0 Å². The van der Waals surface area contributed by atoms with Crippen molar-refractivity contribution in [3.63, 3.8) is 0 Å². The van der Waals surface area contributed by atoms with Gasteiger partial charge in [-0.1, -0.05) is 0 Å². The summed E-state index contributed by atoms with van der Waals surface area (Å²) in [7, 11) is -2.89. The number of dihydropyridines is 1. The van der Waals surface area contributed by atoms with Crippen LogP contribution >= 0.6 is 11.8 Å². The van der Waals surface area contributed by atoms with E-state index in [2.05, 4.69) is 4.99 Å². The number of nitrogens with two attached hydrogens (primary N) is 1. The molecule has 2 aliphatic heterocycles. The minimum absolute atomic E-state index is 0.245. The lowest BCUT2D eigenvalue weighted by Gasteiger charge is -2.09. The zero-order valence-corrected chi connectivity index (χ0v) is 8.61. The van der Waals surface area contributed by atoms with E-state index >= 15 is 0 Å². The second-order valence-electron chi connectivity index (χ2n) is 3.21. The van der Waals surface area contributed by atoms with Crippen molar-refractivity contribution in [3.8, 4) is 0 Å². The van der Waals surface area contributed by atoms with Crippen LogP contribution in [0.4, 0.5) is 0 Å². The summed E-state index contributed by atoms with van der Waals surface area (Å²) >= 11 is 1.48. The van der Waals surface area contributed by atoms with E-state index in [1.807, 2.05) is 6.08 Å². The minimum atomic E-state index is -2.89. The van der Waals surface area contributed by atoms with Crippen molar-refractivity contribution >= 4 is 27.9 Å². The van der Waals surface area contributed by atoms with Crippen LogP contribution in [-0.2, 0) is 9.92 Å². The molecule has 3 N–H and O–H groups in total. The molecule has 0 radical (unpaired) electrons. The third kappa shape index (κ3) is 1.79. The molecule has 0 amide bonds. The number of aliphatic imine (C=N–C) groups is 1. The number of rotatable bonds is 1. The Balaban J connectivity index is 2.20. The van der Waals surface area contributed by atoms with Crippen LogP contribution in [0.5, 0.6) is 0 Å². The molecule has 0 aromatic heterocycles. The zero-order valence-electron chi connectivity index (χ0n) is 6.97. The Bertz CT molecular complexity index is 371. The van der Waals surface area contributed by atoms with Crippen LogP contribution in [0.2, 0.25) is 0 Å². The van der Waals surface area contributed by atoms with Crippen molar-refractivity contribution in [1.82, 2.24) is 0 Å². The van der Waals surface area contributed by atoms with E-state index in [0.29, 0.717) is 5.92 Å². The Morgan fingerprint density at radius 1 is 1.77 bits per heavy atom. The summed E-state index contributed by atoms with van der Waals surface area (Å²) in [6.07, 6.45) is 4.43. The first kappa shape index (κ1) is 9.23. The maximum Gasteiger partial charge on any atom is 0.115 e. The van der Waals surface area contributed by atoms with Gasteiger partial charge in [-0.05, 0) is 17.4 Å². The van der Waals surface area contributed by atoms with Gasteiger partial charge in [0.15, 0.2) is 0 Å². The lowest BCUT2D eigenvalue weighted by atomic mass is 10.1. The van der Waals surface area contributed by atoms with Crippen molar-refractivity contribution in [3.05, 3.63) is 11.0 Å². The molecule has 0 spiro atoms. The molecule has 0 aromatic carbocycles. The summed E-state index contributed by atoms with van der Waals surface area (Å²) in [6, 6.07) is 0. The second kappa shape index (κ2) is 3.11. The Morgan fingerprint density at radius 3 is 3.15 bits per heavy atom. The molecule has 3 atom stereocenters. The van der Waals surface area contributed by atoms with Gasteiger partial charge in [0.05, 0.1) is 0 Å². The molecule has 0 aliphatic carbocycles. The summed E-state index contributed by atoms with van der Waals surface area (Å²) in [5, 5.41) is 5.30. The first-order valence-electron chi connectivity index (χ1n) is 3.99. The highest BCUT2D eigenvalue weighted by Crippen LogP contribution is 2.44. The van der Waals surface area contributed by atoms with Crippen molar-refractivity contribution in [1.29, 1.82) is 4.78 Å². The third-order valence-corrected chi connectivity index (χ3v) is 5.52. The van der Waals surface area contributed by atoms with Crippen molar-refractivity contribution < 1.29 is 4.21 Å². The van der Waals surface area contributed by atoms with Gasteiger partial charge in [0.25, 0.3) is 0 Å². The average molecular weight is 217 g/mol. The maximum atomic E-state index is 11.3. The van der Waals surface area contributed by atoms with Crippen LogP contribution in [0.25, 0.3) is 0 Å². The quantitative estimate of drug-likeness (QED) is 0.686. The van der Waals surface area contributed by atoms with Gasteiger partial charge in [0.2, 0.25) is 0 Å². The molecule has 4 nitrogen and oxygen atoms in total. The minimum Gasteiger partial charge on any atom is -0.292 e. The van der Waals surface area contributed by atoms with E-state index in [1.165, 1.54) is 16.7 Å². The van der Waals surface area contributed by atoms with Gasteiger partial charge in [-0.2, -0.15) is 0 Å². The number of hydrogen-bond donors (Lipinski definition) is 2. The van der Waals surface area contributed by atoms with Gasteiger partial charge in [-0.25, -0.2) is 14.1 Å². The summed E-state index contributed by atoms with van der Waals surface area (Å²) in [6.45, 7) is 0.755. The molecule has 1 saturated heterocycles. The molecular formula is C7H11N3OS2. The van der Waals surface area contributed by atoms with Crippen molar-refractivity contribution in [2.24, 2.45) is 16.0 Å². The predicted molar refractivity (Wildman–Crippen MR) is 56.0 cm³/mol. The molecule has 72 valence electrons. The van der Waals surface area contributed by atoms with E-state index in [4.69, 9.17) is 9.92 Å². The average Bonchev–Trinajstić information content (AvgIpc) is 2.45. The lowest BCUT2D eigenvalue weighted by Crippen LogP contribution is -2.22. The molecule has 0 saturated carbocycles. The summed E-state index contributed by atoms with van der Waals surface area (Å²) in [5.74, 6) is 0.356. The largest absolute Gasteiger partial charge is 0.292 e. The number of nitrogens with one attached hydrogen (secondary N) is 1. The monoisotopic (exact) mass is 217 g/mol. The highest BCUT2D eigenvalue weighted by atomic mass is 32.3. The number of thioether (sulfide) groups is 1. The molecule has 0 bridgehead atoms. The van der Waals surface area contributed by atoms with Gasteiger partial charge >= 0.3 is 0 Å². The SMILES string of the molecule is N=S(N)(=O)C1CC2CN=CC=C2S1. The third-order valence-electron chi connectivity index (χ3n) is 2.21. The Labute approximate surface area is 81.8 Å². The van der Waals surface area contributed by atoms with Crippen LogP contribution in [0.1, 0.15) is 6.42 Å².